The molecule has 2 fully saturated rings. The molecule has 2 aliphatic rings. The Kier molecular flexibility index (Phi) is 5.51. The molecule has 5 nitrogen and oxygen atoms in total. The Morgan fingerprint density at radius 1 is 1.29 bits per heavy atom. The minimum Gasteiger partial charge on any atom is -0.466 e. The highest BCUT2D eigenvalue weighted by Crippen LogP contribution is 2.40. The van der Waals surface area contributed by atoms with Gasteiger partial charge in [-0.3, -0.25) is 9.59 Å². The van der Waals surface area contributed by atoms with Gasteiger partial charge in [0.15, 0.2) is 0 Å². The molecule has 1 aromatic carbocycles. The van der Waals surface area contributed by atoms with Crippen molar-refractivity contribution in [2.24, 2.45) is 11.8 Å². The zero-order valence-electron chi connectivity index (χ0n) is 14.1. The fourth-order valence-electron chi connectivity index (χ4n) is 3.28. The predicted molar refractivity (Wildman–Crippen MR) is 89.1 cm³/mol. The molecule has 0 bridgehead atoms. The minimum absolute atomic E-state index is 0.0471. The average Bonchev–Trinajstić information content (AvgIpc) is 3.15. The summed E-state index contributed by atoms with van der Waals surface area (Å²) in [6.45, 7) is 4.04. The molecule has 24 heavy (non-hydrogen) atoms. The SMILES string of the molecule is CCOC(=O)[C@H]1C[C@@H]1CN(Cc1ccccc1)C(=O)[C@@H]1CCCO1. The molecule has 5 heteroatoms. The second-order valence-electron chi connectivity index (χ2n) is 6.56. The highest BCUT2D eigenvalue weighted by molar-refractivity contribution is 5.81. The third kappa shape index (κ3) is 4.15. The van der Waals surface area contributed by atoms with E-state index < -0.39 is 0 Å². The Bertz CT molecular complexity index is 568. The molecule has 1 aliphatic carbocycles. The van der Waals surface area contributed by atoms with E-state index in [0.717, 1.165) is 24.8 Å². The van der Waals surface area contributed by atoms with Gasteiger partial charge in [0.05, 0.1) is 12.5 Å². The summed E-state index contributed by atoms with van der Waals surface area (Å²) >= 11 is 0. The lowest BCUT2D eigenvalue weighted by Crippen LogP contribution is -2.40. The summed E-state index contributed by atoms with van der Waals surface area (Å²) in [5.74, 6) is 0.0659. The van der Waals surface area contributed by atoms with Gasteiger partial charge in [-0.25, -0.2) is 0 Å². The number of ether oxygens (including phenoxy) is 2. The number of nitrogens with zero attached hydrogens (tertiary/aromatic N) is 1. The summed E-state index contributed by atoms with van der Waals surface area (Å²) in [4.78, 5) is 26.5. The molecule has 0 aromatic heterocycles. The molecule has 1 aromatic rings. The van der Waals surface area contributed by atoms with E-state index in [-0.39, 0.29) is 29.8 Å². The topological polar surface area (TPSA) is 55.8 Å². The van der Waals surface area contributed by atoms with Gasteiger partial charge in [-0.2, -0.15) is 0 Å². The minimum atomic E-state index is -0.325. The first-order chi connectivity index (χ1) is 11.7. The summed E-state index contributed by atoms with van der Waals surface area (Å²) in [6, 6.07) is 9.95. The predicted octanol–water partition coefficient (Wildman–Crippen LogP) is 2.39. The second kappa shape index (κ2) is 7.79. The summed E-state index contributed by atoms with van der Waals surface area (Å²) in [5.41, 5.74) is 1.09. The van der Waals surface area contributed by atoms with Gasteiger partial charge in [-0.15, -0.1) is 0 Å². The highest BCUT2D eigenvalue weighted by atomic mass is 16.5. The van der Waals surface area contributed by atoms with E-state index in [1.165, 1.54) is 0 Å². The lowest BCUT2D eigenvalue weighted by atomic mass is 10.1. The normalized spacial score (nSPS) is 25.3. The Morgan fingerprint density at radius 3 is 2.75 bits per heavy atom. The van der Waals surface area contributed by atoms with Gasteiger partial charge in [0.25, 0.3) is 5.91 Å². The molecule has 1 saturated carbocycles. The lowest BCUT2D eigenvalue weighted by Gasteiger charge is -2.25. The first-order valence-electron chi connectivity index (χ1n) is 8.80. The third-order valence-electron chi connectivity index (χ3n) is 4.70. The van der Waals surface area contributed by atoms with Gasteiger partial charge >= 0.3 is 5.97 Å². The molecule has 1 amide bonds. The van der Waals surface area contributed by atoms with E-state index in [4.69, 9.17) is 9.47 Å². The van der Waals surface area contributed by atoms with Crippen molar-refractivity contribution in [2.45, 2.75) is 38.8 Å². The van der Waals surface area contributed by atoms with Crippen molar-refractivity contribution in [1.82, 2.24) is 4.90 Å². The average molecular weight is 331 g/mol. The van der Waals surface area contributed by atoms with E-state index in [0.29, 0.717) is 26.3 Å². The van der Waals surface area contributed by atoms with Gasteiger partial charge in [0.2, 0.25) is 0 Å². The molecule has 0 spiro atoms. The maximum absolute atomic E-state index is 12.8. The van der Waals surface area contributed by atoms with E-state index in [1.54, 1.807) is 0 Å². The monoisotopic (exact) mass is 331 g/mol. The van der Waals surface area contributed by atoms with E-state index in [9.17, 15) is 9.59 Å². The van der Waals surface area contributed by atoms with Crippen LogP contribution < -0.4 is 0 Å². The zero-order valence-corrected chi connectivity index (χ0v) is 14.1. The Labute approximate surface area is 142 Å². The van der Waals surface area contributed by atoms with Crippen molar-refractivity contribution < 1.29 is 19.1 Å². The van der Waals surface area contributed by atoms with Crippen LogP contribution in [0.4, 0.5) is 0 Å². The number of hydrogen-bond donors (Lipinski definition) is 0. The highest BCUT2D eigenvalue weighted by Gasteiger charge is 2.46. The van der Waals surface area contributed by atoms with Crippen molar-refractivity contribution in [2.75, 3.05) is 19.8 Å². The molecule has 1 aliphatic heterocycles. The van der Waals surface area contributed by atoms with Crippen LogP contribution in [0, 0.1) is 11.8 Å². The zero-order chi connectivity index (χ0) is 16.9. The van der Waals surface area contributed by atoms with E-state index in [2.05, 4.69) is 0 Å². The van der Waals surface area contributed by atoms with Gasteiger partial charge in [-0.05, 0) is 37.7 Å². The number of esters is 1. The van der Waals surface area contributed by atoms with Crippen LogP contribution in [0.3, 0.4) is 0 Å². The van der Waals surface area contributed by atoms with Crippen LogP contribution in [-0.2, 0) is 25.6 Å². The molecule has 130 valence electrons. The molecular weight excluding hydrogens is 306 g/mol. The fraction of sp³-hybridized carbons (Fsp3) is 0.579. The number of rotatable bonds is 7. The molecular formula is C19H25NO4. The van der Waals surface area contributed by atoms with Gasteiger partial charge < -0.3 is 14.4 Å². The standard InChI is InChI=1S/C19H25NO4/c1-2-23-19(22)16-11-15(16)13-20(12-14-7-4-3-5-8-14)18(21)17-9-6-10-24-17/h3-5,7-8,15-17H,2,6,9-13H2,1H3/t15-,16+,17+/m1/s1. The van der Waals surface area contributed by atoms with Gasteiger partial charge in [-0.1, -0.05) is 30.3 Å². The molecule has 1 heterocycles. The number of hydrogen-bond acceptors (Lipinski definition) is 4. The van der Waals surface area contributed by atoms with Crippen molar-refractivity contribution in [3.05, 3.63) is 35.9 Å². The molecule has 1 saturated heterocycles. The second-order valence-corrected chi connectivity index (χ2v) is 6.56. The first-order valence-corrected chi connectivity index (χ1v) is 8.80. The Hall–Kier alpha value is -1.88. The van der Waals surface area contributed by atoms with Crippen LogP contribution in [0.5, 0.6) is 0 Å². The van der Waals surface area contributed by atoms with Crippen LogP contribution in [0.15, 0.2) is 30.3 Å². The quantitative estimate of drug-likeness (QED) is 0.720. The van der Waals surface area contributed by atoms with Crippen LogP contribution in [0.1, 0.15) is 31.7 Å². The fourth-order valence-corrected chi connectivity index (χ4v) is 3.28. The van der Waals surface area contributed by atoms with E-state index in [1.807, 2.05) is 42.2 Å². The first kappa shape index (κ1) is 17.0. The molecule has 0 N–H and O–H groups in total. The largest absolute Gasteiger partial charge is 0.466 e. The third-order valence-corrected chi connectivity index (χ3v) is 4.70. The maximum Gasteiger partial charge on any atom is 0.309 e. The summed E-state index contributed by atoms with van der Waals surface area (Å²) in [5, 5.41) is 0. The van der Waals surface area contributed by atoms with Crippen LogP contribution in [0.2, 0.25) is 0 Å². The van der Waals surface area contributed by atoms with Crippen molar-refractivity contribution in [1.29, 1.82) is 0 Å². The van der Waals surface area contributed by atoms with Crippen molar-refractivity contribution in [3.8, 4) is 0 Å². The van der Waals surface area contributed by atoms with Crippen LogP contribution in [0.25, 0.3) is 0 Å². The molecule has 3 atom stereocenters. The lowest BCUT2D eigenvalue weighted by molar-refractivity contribution is -0.146. The van der Waals surface area contributed by atoms with Crippen molar-refractivity contribution in [3.63, 3.8) is 0 Å². The molecule has 3 rings (SSSR count). The van der Waals surface area contributed by atoms with Crippen LogP contribution in [-0.4, -0.2) is 42.6 Å². The smallest absolute Gasteiger partial charge is 0.309 e. The van der Waals surface area contributed by atoms with Crippen LogP contribution >= 0.6 is 0 Å². The summed E-state index contributed by atoms with van der Waals surface area (Å²) < 4.78 is 10.7. The molecule has 0 radical (unpaired) electrons. The molecule has 0 unspecified atom stereocenters. The van der Waals surface area contributed by atoms with Gasteiger partial charge in [0.1, 0.15) is 6.10 Å². The summed E-state index contributed by atoms with van der Waals surface area (Å²) in [7, 11) is 0. The number of carbonyl (C=O) groups is 2. The number of benzene rings is 1. The Morgan fingerprint density at radius 2 is 2.08 bits per heavy atom. The van der Waals surface area contributed by atoms with Gasteiger partial charge in [0, 0.05) is 19.7 Å². The van der Waals surface area contributed by atoms with E-state index >= 15 is 0 Å². The number of carbonyl (C=O) groups excluding carboxylic acids is 2. The maximum atomic E-state index is 12.8. The van der Waals surface area contributed by atoms with Crippen molar-refractivity contribution >= 4 is 11.9 Å². The summed E-state index contributed by atoms with van der Waals surface area (Å²) in [6.07, 6.45) is 2.21. The Balaban J connectivity index is 1.64. The number of amides is 1.